The van der Waals surface area contributed by atoms with Crippen LogP contribution in [0, 0.1) is 0 Å². The number of thiophene rings is 1. The molecule has 9 heteroatoms. The molecular formula is C19H18N2O6S. The fourth-order valence-corrected chi connectivity index (χ4v) is 3.51. The Morgan fingerprint density at radius 2 is 1.89 bits per heavy atom. The first-order valence-corrected chi connectivity index (χ1v) is 9.01. The quantitative estimate of drug-likeness (QED) is 0.653. The number of amides is 2. The lowest BCUT2D eigenvalue weighted by molar-refractivity contribution is 0.101. The van der Waals surface area contributed by atoms with Crippen LogP contribution in [0.1, 0.15) is 17.3 Å². The first kappa shape index (κ1) is 19.4. The van der Waals surface area contributed by atoms with Gasteiger partial charge in [0.1, 0.15) is 22.1 Å². The highest BCUT2D eigenvalue weighted by Crippen LogP contribution is 2.33. The molecule has 3 aromatic rings. The summed E-state index contributed by atoms with van der Waals surface area (Å²) in [7, 11) is 4.61. The first-order chi connectivity index (χ1) is 13.3. The van der Waals surface area contributed by atoms with Crippen LogP contribution in [0.2, 0.25) is 0 Å². The molecule has 2 heterocycles. The lowest BCUT2D eigenvalue weighted by Gasteiger charge is -2.17. The van der Waals surface area contributed by atoms with Crippen molar-refractivity contribution in [1.29, 1.82) is 0 Å². The van der Waals surface area contributed by atoms with Crippen molar-refractivity contribution >= 4 is 44.1 Å². The highest BCUT2D eigenvalue weighted by molar-refractivity contribution is 7.22. The van der Waals surface area contributed by atoms with Crippen LogP contribution in [-0.2, 0) is 0 Å². The van der Waals surface area contributed by atoms with Crippen LogP contribution < -0.4 is 25.3 Å². The van der Waals surface area contributed by atoms with Crippen molar-refractivity contribution in [3.63, 3.8) is 0 Å². The van der Waals surface area contributed by atoms with Crippen molar-refractivity contribution in [1.82, 2.24) is 0 Å². The SMILES string of the molecule is COc1ccc(OC)c(NC(=O)N(C)c2cc3oc(=O)c(C(C)=O)cc3s2)c1. The molecule has 0 aliphatic heterocycles. The zero-order chi connectivity index (χ0) is 20.4. The molecule has 0 atom stereocenters. The van der Waals surface area contributed by atoms with E-state index in [1.54, 1.807) is 31.3 Å². The van der Waals surface area contributed by atoms with Gasteiger partial charge in [0.25, 0.3) is 0 Å². The summed E-state index contributed by atoms with van der Waals surface area (Å²) in [5, 5.41) is 3.30. The van der Waals surface area contributed by atoms with Gasteiger partial charge in [-0.1, -0.05) is 0 Å². The van der Waals surface area contributed by atoms with E-state index in [1.807, 2.05) is 0 Å². The van der Waals surface area contributed by atoms with Gasteiger partial charge in [-0.05, 0) is 25.1 Å². The van der Waals surface area contributed by atoms with E-state index in [9.17, 15) is 14.4 Å². The maximum Gasteiger partial charge on any atom is 0.347 e. The maximum atomic E-state index is 12.7. The molecule has 0 fully saturated rings. The summed E-state index contributed by atoms with van der Waals surface area (Å²) in [4.78, 5) is 37.4. The summed E-state index contributed by atoms with van der Waals surface area (Å²) in [6.45, 7) is 1.30. The Hall–Kier alpha value is -3.33. The van der Waals surface area contributed by atoms with Gasteiger partial charge in [0.15, 0.2) is 11.4 Å². The van der Waals surface area contributed by atoms with Gasteiger partial charge in [0, 0.05) is 19.2 Å². The van der Waals surface area contributed by atoms with E-state index >= 15 is 0 Å². The van der Waals surface area contributed by atoms with Gasteiger partial charge in [-0.15, -0.1) is 11.3 Å². The van der Waals surface area contributed by atoms with Crippen LogP contribution in [0.5, 0.6) is 11.5 Å². The second-order valence-corrected chi connectivity index (χ2v) is 6.93. The third kappa shape index (κ3) is 3.70. The number of benzene rings is 1. The zero-order valence-electron chi connectivity index (χ0n) is 15.7. The Balaban J connectivity index is 1.89. The van der Waals surface area contributed by atoms with E-state index in [1.165, 1.54) is 43.4 Å². The van der Waals surface area contributed by atoms with Crippen molar-refractivity contribution in [3.8, 4) is 11.5 Å². The number of hydrogen-bond donors (Lipinski definition) is 1. The van der Waals surface area contributed by atoms with E-state index in [-0.39, 0.29) is 11.3 Å². The number of carbonyl (C=O) groups is 2. The average molecular weight is 402 g/mol. The minimum atomic E-state index is -0.697. The molecule has 1 N–H and O–H groups in total. The number of rotatable bonds is 5. The smallest absolute Gasteiger partial charge is 0.347 e. The molecule has 146 valence electrons. The molecule has 0 radical (unpaired) electrons. The number of hydrogen-bond acceptors (Lipinski definition) is 7. The van der Waals surface area contributed by atoms with E-state index in [2.05, 4.69) is 5.32 Å². The maximum absolute atomic E-state index is 12.7. The topological polar surface area (TPSA) is 98.1 Å². The van der Waals surface area contributed by atoms with Crippen molar-refractivity contribution < 1.29 is 23.5 Å². The molecule has 3 rings (SSSR count). The molecule has 2 amide bonds. The highest BCUT2D eigenvalue weighted by Gasteiger charge is 2.18. The fourth-order valence-electron chi connectivity index (χ4n) is 2.52. The summed E-state index contributed by atoms with van der Waals surface area (Å²) in [6, 6.07) is 7.69. The molecule has 0 saturated heterocycles. The lowest BCUT2D eigenvalue weighted by Crippen LogP contribution is -2.30. The predicted molar refractivity (Wildman–Crippen MR) is 107 cm³/mol. The van der Waals surface area contributed by atoms with E-state index < -0.39 is 11.7 Å². The van der Waals surface area contributed by atoms with Crippen molar-refractivity contribution in [2.24, 2.45) is 0 Å². The molecule has 0 spiro atoms. The second kappa shape index (κ2) is 7.73. The van der Waals surface area contributed by atoms with Crippen LogP contribution in [0.3, 0.4) is 0 Å². The number of Topliss-reactive ketones (excluding diaryl/α,β-unsaturated/α-hetero) is 1. The summed E-state index contributed by atoms with van der Waals surface area (Å²) >= 11 is 1.23. The van der Waals surface area contributed by atoms with Gasteiger partial charge in [0.05, 0.1) is 24.6 Å². The largest absolute Gasteiger partial charge is 0.497 e. The molecule has 0 unspecified atom stereocenters. The Kier molecular flexibility index (Phi) is 5.36. The lowest BCUT2D eigenvalue weighted by atomic mass is 10.2. The van der Waals surface area contributed by atoms with Crippen LogP contribution >= 0.6 is 11.3 Å². The van der Waals surface area contributed by atoms with Crippen molar-refractivity contribution in [2.75, 3.05) is 31.5 Å². The number of fused-ring (bicyclic) bond motifs is 1. The fraction of sp³-hybridized carbons (Fsp3) is 0.211. The van der Waals surface area contributed by atoms with Gasteiger partial charge in [0.2, 0.25) is 0 Å². The molecule has 0 saturated carbocycles. The summed E-state index contributed by atoms with van der Waals surface area (Å²) in [5.41, 5.74) is 0.0468. The van der Waals surface area contributed by atoms with E-state index in [0.29, 0.717) is 32.5 Å². The van der Waals surface area contributed by atoms with Crippen LogP contribution in [0.4, 0.5) is 15.5 Å². The normalized spacial score (nSPS) is 10.6. The Bertz CT molecular complexity index is 1120. The third-order valence-corrected chi connectivity index (χ3v) is 5.21. The zero-order valence-corrected chi connectivity index (χ0v) is 16.5. The summed E-state index contributed by atoms with van der Waals surface area (Å²) in [5.74, 6) is 0.678. The van der Waals surface area contributed by atoms with Crippen molar-refractivity contribution in [2.45, 2.75) is 6.92 Å². The van der Waals surface area contributed by atoms with Gasteiger partial charge in [-0.3, -0.25) is 9.69 Å². The number of carbonyl (C=O) groups excluding carboxylic acids is 2. The number of ketones is 1. The van der Waals surface area contributed by atoms with Gasteiger partial charge < -0.3 is 19.2 Å². The van der Waals surface area contributed by atoms with E-state index in [0.717, 1.165) is 0 Å². The molecule has 2 aromatic heterocycles. The van der Waals surface area contributed by atoms with Crippen LogP contribution in [0.15, 0.2) is 39.5 Å². The molecule has 0 aliphatic rings. The highest BCUT2D eigenvalue weighted by atomic mass is 32.1. The summed E-state index contributed by atoms with van der Waals surface area (Å²) < 4.78 is 16.2. The number of methoxy groups -OCH3 is 2. The molecule has 0 aliphatic carbocycles. The Morgan fingerprint density at radius 3 is 2.54 bits per heavy atom. The Morgan fingerprint density at radius 1 is 1.14 bits per heavy atom. The standard InChI is InChI=1S/C19H18N2O6S/c1-10(22)12-8-16-15(27-18(12)23)9-17(28-16)21(2)19(24)20-13-7-11(25-3)5-6-14(13)26-4/h5-9H,1-4H3,(H,20,24). The molecule has 8 nitrogen and oxygen atoms in total. The van der Waals surface area contributed by atoms with Crippen molar-refractivity contribution in [3.05, 3.63) is 46.3 Å². The number of ether oxygens (including phenoxy) is 2. The van der Waals surface area contributed by atoms with Crippen LogP contribution in [-0.4, -0.2) is 33.1 Å². The Labute approximate surface area is 164 Å². The van der Waals surface area contributed by atoms with E-state index in [4.69, 9.17) is 13.9 Å². The predicted octanol–water partition coefficient (Wildman–Crippen LogP) is 3.74. The first-order valence-electron chi connectivity index (χ1n) is 8.19. The molecule has 1 aromatic carbocycles. The monoisotopic (exact) mass is 402 g/mol. The average Bonchev–Trinajstić information content (AvgIpc) is 3.09. The molecule has 28 heavy (non-hydrogen) atoms. The number of nitrogens with zero attached hydrogens (tertiary/aromatic N) is 1. The van der Waals surface area contributed by atoms with Gasteiger partial charge in [-0.2, -0.15) is 0 Å². The minimum absolute atomic E-state index is 0.0193. The minimum Gasteiger partial charge on any atom is -0.497 e. The number of urea groups is 1. The number of anilines is 2. The van der Waals surface area contributed by atoms with Gasteiger partial charge in [-0.25, -0.2) is 9.59 Å². The molecular weight excluding hydrogens is 384 g/mol. The number of nitrogens with one attached hydrogen (secondary N) is 1. The third-order valence-electron chi connectivity index (χ3n) is 4.07. The second-order valence-electron chi connectivity index (χ2n) is 5.87. The molecule has 0 bridgehead atoms. The van der Waals surface area contributed by atoms with Gasteiger partial charge >= 0.3 is 11.7 Å². The summed E-state index contributed by atoms with van der Waals surface area (Å²) in [6.07, 6.45) is 0. The van der Waals surface area contributed by atoms with Crippen LogP contribution in [0.25, 0.3) is 10.3 Å².